The third-order valence-electron chi connectivity index (χ3n) is 4.01. The fraction of sp³-hybridized carbons (Fsp3) is 0.263. The number of hydrogen-bond donors (Lipinski definition) is 1. The van der Waals surface area contributed by atoms with Crippen molar-refractivity contribution in [2.24, 2.45) is 0 Å². The fourth-order valence-electron chi connectivity index (χ4n) is 2.85. The van der Waals surface area contributed by atoms with E-state index < -0.39 is 0 Å². The summed E-state index contributed by atoms with van der Waals surface area (Å²) in [6.45, 7) is 3.21. The van der Waals surface area contributed by atoms with Crippen molar-refractivity contribution in [2.45, 2.75) is 18.2 Å². The average Bonchev–Trinajstić information content (AvgIpc) is 3.04. The van der Waals surface area contributed by atoms with Gasteiger partial charge in [-0.2, -0.15) is 0 Å². The van der Waals surface area contributed by atoms with Crippen LogP contribution >= 0.6 is 11.8 Å². The number of carbonyl (C=O) groups is 2. The number of anilines is 1. The van der Waals surface area contributed by atoms with Gasteiger partial charge in [-0.05, 0) is 37.1 Å². The molecule has 0 saturated heterocycles. The van der Waals surface area contributed by atoms with Crippen molar-refractivity contribution < 1.29 is 9.59 Å². The molecule has 24 heavy (non-hydrogen) atoms. The standard InChI is InChI=1S/C19H20N2O2S/c1-2-20-19(23)15-8-4-6-10-17(15)24-13-18(22)21-12-11-14-7-3-5-9-16(14)21/h3-10H,2,11-13H2,1H3,(H,20,23). The van der Waals surface area contributed by atoms with Crippen LogP contribution in [0.1, 0.15) is 22.8 Å². The van der Waals surface area contributed by atoms with E-state index in [9.17, 15) is 9.59 Å². The number of thioether (sulfide) groups is 1. The van der Waals surface area contributed by atoms with Crippen LogP contribution in [0.5, 0.6) is 0 Å². The first kappa shape index (κ1) is 16.6. The van der Waals surface area contributed by atoms with E-state index in [1.54, 1.807) is 6.07 Å². The summed E-state index contributed by atoms with van der Waals surface area (Å²) in [5, 5.41) is 2.81. The molecule has 2 amide bonds. The van der Waals surface area contributed by atoms with E-state index in [-0.39, 0.29) is 11.8 Å². The number of para-hydroxylation sites is 1. The molecule has 1 aliphatic heterocycles. The minimum absolute atomic E-state index is 0.0793. The molecule has 3 rings (SSSR count). The maximum Gasteiger partial charge on any atom is 0.252 e. The quantitative estimate of drug-likeness (QED) is 0.851. The lowest BCUT2D eigenvalue weighted by atomic mass is 10.2. The second kappa shape index (κ2) is 7.53. The highest BCUT2D eigenvalue weighted by Gasteiger charge is 2.24. The Morgan fingerprint density at radius 2 is 1.88 bits per heavy atom. The zero-order valence-electron chi connectivity index (χ0n) is 13.6. The van der Waals surface area contributed by atoms with E-state index in [2.05, 4.69) is 11.4 Å². The summed E-state index contributed by atoms with van der Waals surface area (Å²) in [6, 6.07) is 15.4. The van der Waals surface area contributed by atoms with Gasteiger partial charge in [0.05, 0.1) is 11.3 Å². The molecule has 0 radical (unpaired) electrons. The Hall–Kier alpha value is -2.27. The normalized spacial score (nSPS) is 12.8. The number of amides is 2. The molecule has 0 fully saturated rings. The average molecular weight is 340 g/mol. The van der Waals surface area contributed by atoms with E-state index in [0.29, 0.717) is 17.9 Å². The summed E-state index contributed by atoms with van der Waals surface area (Å²) in [4.78, 5) is 27.4. The van der Waals surface area contributed by atoms with E-state index in [4.69, 9.17) is 0 Å². The summed E-state index contributed by atoms with van der Waals surface area (Å²) in [6.07, 6.45) is 0.905. The third-order valence-corrected chi connectivity index (χ3v) is 5.07. The molecule has 0 bridgehead atoms. The van der Waals surface area contributed by atoms with E-state index in [1.165, 1.54) is 17.3 Å². The highest BCUT2D eigenvalue weighted by atomic mass is 32.2. The van der Waals surface area contributed by atoms with Gasteiger partial charge in [-0.1, -0.05) is 30.3 Å². The van der Waals surface area contributed by atoms with Crippen molar-refractivity contribution in [3.8, 4) is 0 Å². The number of nitrogens with zero attached hydrogens (tertiary/aromatic N) is 1. The zero-order valence-corrected chi connectivity index (χ0v) is 14.4. The maximum absolute atomic E-state index is 12.6. The number of rotatable bonds is 5. The minimum atomic E-state index is -0.0976. The largest absolute Gasteiger partial charge is 0.352 e. The summed E-state index contributed by atoms with van der Waals surface area (Å²) in [5.41, 5.74) is 2.86. The van der Waals surface area contributed by atoms with E-state index in [1.807, 2.05) is 48.2 Å². The number of benzene rings is 2. The second-order valence-corrected chi connectivity index (χ2v) is 6.59. The number of hydrogen-bond acceptors (Lipinski definition) is 3. The zero-order chi connectivity index (χ0) is 16.9. The minimum Gasteiger partial charge on any atom is -0.352 e. The predicted octanol–water partition coefficient (Wildman–Crippen LogP) is 3.12. The van der Waals surface area contributed by atoms with Crippen LogP contribution in [0, 0.1) is 0 Å². The van der Waals surface area contributed by atoms with Crippen LogP contribution < -0.4 is 10.2 Å². The Bertz CT molecular complexity index is 761. The fourth-order valence-corrected chi connectivity index (χ4v) is 3.78. The Morgan fingerprint density at radius 1 is 1.12 bits per heavy atom. The number of nitrogens with one attached hydrogen (secondary N) is 1. The van der Waals surface area contributed by atoms with Gasteiger partial charge in [-0.25, -0.2) is 0 Å². The predicted molar refractivity (Wildman–Crippen MR) is 97.7 cm³/mol. The van der Waals surface area contributed by atoms with Crippen molar-refractivity contribution in [2.75, 3.05) is 23.7 Å². The van der Waals surface area contributed by atoms with Gasteiger partial charge in [0.15, 0.2) is 0 Å². The van der Waals surface area contributed by atoms with E-state index >= 15 is 0 Å². The molecule has 2 aromatic carbocycles. The van der Waals surface area contributed by atoms with Crippen LogP contribution in [-0.2, 0) is 11.2 Å². The van der Waals surface area contributed by atoms with Crippen molar-refractivity contribution in [3.63, 3.8) is 0 Å². The topological polar surface area (TPSA) is 49.4 Å². The molecule has 0 aromatic heterocycles. The highest BCUT2D eigenvalue weighted by Crippen LogP contribution is 2.29. The van der Waals surface area contributed by atoms with Crippen molar-refractivity contribution in [1.82, 2.24) is 5.32 Å². The summed E-state index contributed by atoms with van der Waals surface area (Å²) in [5.74, 6) is 0.306. The van der Waals surface area contributed by atoms with Crippen LogP contribution in [0.15, 0.2) is 53.4 Å². The molecule has 1 heterocycles. The molecule has 4 nitrogen and oxygen atoms in total. The van der Waals surface area contributed by atoms with Gasteiger partial charge in [0.25, 0.3) is 5.91 Å². The number of fused-ring (bicyclic) bond motifs is 1. The van der Waals surface area contributed by atoms with Gasteiger partial charge < -0.3 is 10.2 Å². The van der Waals surface area contributed by atoms with Crippen LogP contribution in [0.4, 0.5) is 5.69 Å². The van der Waals surface area contributed by atoms with Gasteiger partial charge in [0.1, 0.15) is 0 Å². The molecule has 5 heteroatoms. The Labute approximate surface area is 146 Å². The molecule has 1 N–H and O–H groups in total. The lowest BCUT2D eigenvalue weighted by molar-refractivity contribution is -0.116. The molecule has 0 atom stereocenters. The van der Waals surface area contributed by atoms with Gasteiger partial charge in [0, 0.05) is 23.7 Å². The molecule has 2 aromatic rings. The molecular weight excluding hydrogens is 320 g/mol. The molecule has 1 aliphatic rings. The molecule has 0 unspecified atom stereocenters. The van der Waals surface area contributed by atoms with Crippen molar-refractivity contribution in [1.29, 1.82) is 0 Å². The SMILES string of the molecule is CCNC(=O)c1ccccc1SCC(=O)N1CCc2ccccc21. The van der Waals surface area contributed by atoms with Crippen LogP contribution in [0.3, 0.4) is 0 Å². The van der Waals surface area contributed by atoms with Gasteiger partial charge >= 0.3 is 0 Å². The third kappa shape index (κ3) is 3.46. The summed E-state index contributed by atoms with van der Waals surface area (Å²) >= 11 is 1.42. The molecular formula is C19H20N2O2S. The summed E-state index contributed by atoms with van der Waals surface area (Å²) in [7, 11) is 0. The number of carbonyl (C=O) groups excluding carboxylic acids is 2. The van der Waals surface area contributed by atoms with Gasteiger partial charge in [-0.3, -0.25) is 9.59 Å². The van der Waals surface area contributed by atoms with Crippen molar-refractivity contribution in [3.05, 3.63) is 59.7 Å². The molecule has 0 spiro atoms. The molecule has 0 aliphatic carbocycles. The van der Waals surface area contributed by atoms with Gasteiger partial charge in [-0.15, -0.1) is 11.8 Å². The second-order valence-electron chi connectivity index (χ2n) is 5.57. The first-order valence-electron chi connectivity index (χ1n) is 8.09. The molecule has 0 saturated carbocycles. The lowest BCUT2D eigenvalue weighted by Gasteiger charge is -2.17. The van der Waals surface area contributed by atoms with Crippen molar-refractivity contribution >= 4 is 29.3 Å². The highest BCUT2D eigenvalue weighted by molar-refractivity contribution is 8.00. The maximum atomic E-state index is 12.6. The Morgan fingerprint density at radius 3 is 2.71 bits per heavy atom. The van der Waals surface area contributed by atoms with E-state index in [0.717, 1.165) is 23.5 Å². The Kier molecular flexibility index (Phi) is 5.20. The summed E-state index contributed by atoms with van der Waals surface area (Å²) < 4.78 is 0. The Balaban J connectivity index is 1.69. The van der Waals surface area contributed by atoms with Crippen LogP contribution in [0.25, 0.3) is 0 Å². The molecule has 124 valence electrons. The smallest absolute Gasteiger partial charge is 0.252 e. The first-order chi connectivity index (χ1) is 11.7. The lowest BCUT2D eigenvalue weighted by Crippen LogP contribution is -2.30. The monoisotopic (exact) mass is 340 g/mol. The van der Waals surface area contributed by atoms with Crippen LogP contribution in [0.2, 0.25) is 0 Å². The van der Waals surface area contributed by atoms with Gasteiger partial charge in [0.2, 0.25) is 5.91 Å². The van der Waals surface area contributed by atoms with Crippen LogP contribution in [-0.4, -0.2) is 30.7 Å². The first-order valence-corrected chi connectivity index (χ1v) is 9.07.